The summed E-state index contributed by atoms with van der Waals surface area (Å²) in [4.78, 5) is 0. The van der Waals surface area contributed by atoms with E-state index in [9.17, 15) is 0 Å². The molecule has 0 amide bonds. The highest BCUT2D eigenvalue weighted by atomic mass is 14.9. The Bertz CT molecular complexity index is 727. The average Bonchev–Trinajstić information content (AvgIpc) is 2.48. The Balaban J connectivity index is 2.02. The SMILES string of the molecule is C[n+]1c(/C=C\c2ccccc2)ccc2ccccc21. The Morgan fingerprint density at radius 1 is 0.737 bits per heavy atom. The van der Waals surface area contributed by atoms with Gasteiger partial charge in [0.15, 0.2) is 0 Å². The number of fused-ring (bicyclic) bond motifs is 1. The maximum Gasteiger partial charge on any atom is 0.212 e. The lowest BCUT2D eigenvalue weighted by molar-refractivity contribution is -0.646. The van der Waals surface area contributed by atoms with Crippen LogP contribution in [0.4, 0.5) is 0 Å². The normalized spacial score (nSPS) is 11.2. The van der Waals surface area contributed by atoms with Crippen LogP contribution in [-0.4, -0.2) is 0 Å². The molecule has 0 N–H and O–H groups in total. The molecule has 0 saturated carbocycles. The number of pyridine rings is 1. The zero-order valence-corrected chi connectivity index (χ0v) is 11.0. The van der Waals surface area contributed by atoms with Gasteiger partial charge < -0.3 is 0 Å². The Hall–Kier alpha value is -2.41. The van der Waals surface area contributed by atoms with Crippen molar-refractivity contribution in [1.82, 2.24) is 0 Å². The number of aromatic nitrogens is 1. The zero-order chi connectivity index (χ0) is 13.1. The second kappa shape index (κ2) is 5.07. The first-order valence-electron chi connectivity index (χ1n) is 6.45. The monoisotopic (exact) mass is 246 g/mol. The maximum absolute atomic E-state index is 2.22. The van der Waals surface area contributed by atoms with E-state index in [1.165, 1.54) is 22.2 Å². The van der Waals surface area contributed by atoms with Crippen LogP contribution in [0.25, 0.3) is 23.1 Å². The number of rotatable bonds is 2. The molecular formula is C18H16N+. The van der Waals surface area contributed by atoms with Crippen LogP contribution in [0.2, 0.25) is 0 Å². The van der Waals surface area contributed by atoms with E-state index in [0.29, 0.717) is 0 Å². The van der Waals surface area contributed by atoms with Crippen LogP contribution in [0.15, 0.2) is 66.7 Å². The molecule has 0 atom stereocenters. The molecule has 92 valence electrons. The first-order chi connectivity index (χ1) is 9.34. The highest BCUT2D eigenvalue weighted by molar-refractivity contribution is 5.77. The molecule has 0 aliphatic rings. The van der Waals surface area contributed by atoms with Crippen LogP contribution in [0.1, 0.15) is 11.3 Å². The van der Waals surface area contributed by atoms with Gasteiger partial charge in [-0.05, 0) is 23.8 Å². The molecule has 0 fully saturated rings. The van der Waals surface area contributed by atoms with Crippen molar-refractivity contribution < 1.29 is 4.57 Å². The van der Waals surface area contributed by atoms with Gasteiger partial charge in [-0.15, -0.1) is 0 Å². The first kappa shape index (κ1) is 11.7. The third-order valence-electron chi connectivity index (χ3n) is 3.37. The quantitative estimate of drug-likeness (QED) is 0.605. The lowest BCUT2D eigenvalue weighted by Crippen LogP contribution is -2.32. The molecule has 1 aromatic heterocycles. The van der Waals surface area contributed by atoms with Crippen molar-refractivity contribution in [3.05, 3.63) is 78.0 Å². The fourth-order valence-corrected chi connectivity index (χ4v) is 2.27. The summed E-state index contributed by atoms with van der Waals surface area (Å²) in [7, 11) is 2.10. The van der Waals surface area contributed by atoms with Crippen molar-refractivity contribution in [3.63, 3.8) is 0 Å². The highest BCUT2D eigenvalue weighted by Crippen LogP contribution is 2.11. The van der Waals surface area contributed by atoms with E-state index in [0.717, 1.165) is 0 Å². The molecule has 1 nitrogen and oxygen atoms in total. The molecule has 0 unspecified atom stereocenters. The average molecular weight is 246 g/mol. The second-order valence-electron chi connectivity index (χ2n) is 4.62. The Morgan fingerprint density at radius 3 is 2.32 bits per heavy atom. The van der Waals surface area contributed by atoms with Gasteiger partial charge in [0.1, 0.15) is 7.05 Å². The van der Waals surface area contributed by atoms with Crippen molar-refractivity contribution in [3.8, 4) is 0 Å². The van der Waals surface area contributed by atoms with Crippen LogP contribution in [0.3, 0.4) is 0 Å². The largest absolute Gasteiger partial charge is 0.212 e. The third-order valence-corrected chi connectivity index (χ3v) is 3.37. The van der Waals surface area contributed by atoms with Crippen molar-refractivity contribution in [2.75, 3.05) is 0 Å². The fraction of sp³-hybridized carbons (Fsp3) is 0.0556. The predicted molar refractivity (Wildman–Crippen MR) is 80.5 cm³/mol. The van der Waals surface area contributed by atoms with Gasteiger partial charge in [0.2, 0.25) is 11.2 Å². The molecular weight excluding hydrogens is 230 g/mol. The van der Waals surface area contributed by atoms with Gasteiger partial charge in [0.25, 0.3) is 0 Å². The standard InChI is InChI=1S/C18H16N/c1-19-17(13-11-15-7-3-2-4-8-15)14-12-16-9-5-6-10-18(16)19/h2-14H,1H3/q+1/b13-11-. The molecule has 1 heterocycles. The number of aryl methyl sites for hydroxylation is 1. The summed E-state index contributed by atoms with van der Waals surface area (Å²) in [5.41, 5.74) is 3.66. The van der Waals surface area contributed by atoms with Gasteiger partial charge >= 0.3 is 0 Å². The first-order valence-corrected chi connectivity index (χ1v) is 6.45. The molecule has 0 saturated heterocycles. The molecule has 3 aromatic rings. The van der Waals surface area contributed by atoms with Gasteiger partial charge in [-0.2, -0.15) is 4.57 Å². The molecule has 2 aromatic carbocycles. The van der Waals surface area contributed by atoms with Crippen LogP contribution in [0, 0.1) is 0 Å². The predicted octanol–water partition coefficient (Wildman–Crippen LogP) is 3.83. The van der Waals surface area contributed by atoms with Crippen LogP contribution in [-0.2, 0) is 7.05 Å². The van der Waals surface area contributed by atoms with Gasteiger partial charge in [0, 0.05) is 23.6 Å². The molecule has 0 aliphatic carbocycles. The molecule has 0 radical (unpaired) electrons. The fourth-order valence-electron chi connectivity index (χ4n) is 2.27. The molecule has 3 rings (SSSR count). The minimum absolute atomic E-state index is 1.20. The summed E-state index contributed by atoms with van der Waals surface area (Å²) >= 11 is 0. The molecule has 19 heavy (non-hydrogen) atoms. The van der Waals surface area contributed by atoms with E-state index in [-0.39, 0.29) is 0 Å². The van der Waals surface area contributed by atoms with E-state index in [1.54, 1.807) is 0 Å². The van der Waals surface area contributed by atoms with E-state index >= 15 is 0 Å². The van der Waals surface area contributed by atoms with Crippen molar-refractivity contribution in [2.45, 2.75) is 0 Å². The maximum atomic E-state index is 2.22. The minimum atomic E-state index is 1.20. The molecule has 1 heteroatoms. The molecule has 0 bridgehead atoms. The van der Waals surface area contributed by atoms with E-state index in [2.05, 4.69) is 84.4 Å². The summed E-state index contributed by atoms with van der Waals surface area (Å²) < 4.78 is 2.22. The second-order valence-corrected chi connectivity index (χ2v) is 4.62. The summed E-state index contributed by atoms with van der Waals surface area (Å²) in [6.07, 6.45) is 4.30. The lowest BCUT2D eigenvalue weighted by atomic mass is 10.1. The van der Waals surface area contributed by atoms with Gasteiger partial charge in [-0.3, -0.25) is 0 Å². The van der Waals surface area contributed by atoms with Crippen LogP contribution < -0.4 is 4.57 Å². The number of benzene rings is 2. The molecule has 0 aliphatic heterocycles. The Kier molecular flexibility index (Phi) is 3.11. The van der Waals surface area contributed by atoms with Gasteiger partial charge in [-0.1, -0.05) is 42.5 Å². The Labute approximate surface area is 113 Å². The summed E-state index contributed by atoms with van der Waals surface area (Å²) in [5.74, 6) is 0. The van der Waals surface area contributed by atoms with Crippen molar-refractivity contribution >= 4 is 23.1 Å². The number of hydrogen-bond donors (Lipinski definition) is 0. The lowest BCUT2D eigenvalue weighted by Gasteiger charge is -1.99. The van der Waals surface area contributed by atoms with Gasteiger partial charge in [0.05, 0.1) is 0 Å². The van der Waals surface area contributed by atoms with Crippen LogP contribution >= 0.6 is 0 Å². The summed E-state index contributed by atoms with van der Waals surface area (Å²) in [6, 6.07) is 23.1. The summed E-state index contributed by atoms with van der Waals surface area (Å²) in [6.45, 7) is 0. The number of hydrogen-bond acceptors (Lipinski definition) is 0. The minimum Gasteiger partial charge on any atom is -0.195 e. The Morgan fingerprint density at radius 2 is 1.47 bits per heavy atom. The highest BCUT2D eigenvalue weighted by Gasteiger charge is 2.07. The smallest absolute Gasteiger partial charge is 0.195 e. The van der Waals surface area contributed by atoms with Gasteiger partial charge in [-0.25, -0.2) is 0 Å². The van der Waals surface area contributed by atoms with Crippen LogP contribution in [0.5, 0.6) is 0 Å². The topological polar surface area (TPSA) is 3.88 Å². The number of nitrogens with zero attached hydrogens (tertiary/aromatic N) is 1. The van der Waals surface area contributed by atoms with E-state index < -0.39 is 0 Å². The third kappa shape index (κ3) is 2.41. The van der Waals surface area contributed by atoms with Crippen molar-refractivity contribution in [1.29, 1.82) is 0 Å². The van der Waals surface area contributed by atoms with Crippen molar-refractivity contribution in [2.24, 2.45) is 7.05 Å². The van der Waals surface area contributed by atoms with E-state index in [1.807, 2.05) is 6.07 Å². The number of para-hydroxylation sites is 1. The summed E-state index contributed by atoms with van der Waals surface area (Å²) in [5, 5.41) is 1.27. The zero-order valence-electron chi connectivity index (χ0n) is 11.0. The molecule has 0 spiro atoms. The van der Waals surface area contributed by atoms with E-state index in [4.69, 9.17) is 0 Å².